The summed E-state index contributed by atoms with van der Waals surface area (Å²) < 4.78 is 18.6. The highest BCUT2D eigenvalue weighted by atomic mass is 35.5. The van der Waals surface area contributed by atoms with Crippen LogP contribution in [0.3, 0.4) is 0 Å². The molecule has 0 bridgehead atoms. The van der Waals surface area contributed by atoms with Crippen molar-refractivity contribution in [2.45, 2.75) is 6.92 Å². The average Bonchev–Trinajstić information content (AvgIpc) is 3.84. The third-order valence-corrected chi connectivity index (χ3v) is 9.18. The molecule has 4 aromatic heterocycles. The maximum atomic E-state index is 11.6. The van der Waals surface area contributed by atoms with Gasteiger partial charge in [-0.3, -0.25) is 0 Å². The summed E-state index contributed by atoms with van der Waals surface area (Å²) in [7, 11) is 4.60. The molecule has 15 heteroatoms. The number of methoxy groups -OCH3 is 3. The lowest BCUT2D eigenvalue weighted by Crippen LogP contribution is -2.01. The van der Waals surface area contributed by atoms with E-state index in [-0.39, 0.29) is 11.5 Å². The number of carbonyl (C=O) groups excluding carboxylic acids is 1. The molecule has 0 amide bonds. The Hall–Kier alpha value is -7.45. The van der Waals surface area contributed by atoms with Crippen molar-refractivity contribution in [1.29, 1.82) is 0 Å². The first-order valence-corrected chi connectivity index (χ1v) is 17.8. The number of carboxylic acid groups (broad SMARTS) is 1. The Bertz CT molecular complexity index is 2730. The number of halogens is 1. The molecule has 0 saturated heterocycles. The Labute approximate surface area is 331 Å². The quantitative estimate of drug-likeness (QED) is 0.113. The highest BCUT2D eigenvalue weighted by Gasteiger charge is 2.15. The van der Waals surface area contributed by atoms with Crippen LogP contribution in [0.4, 0.5) is 23.3 Å². The van der Waals surface area contributed by atoms with Crippen molar-refractivity contribution >= 4 is 58.1 Å². The summed E-state index contributed by atoms with van der Waals surface area (Å²) in [5, 5.41) is 24.7. The molecule has 4 aromatic carbocycles. The Morgan fingerprint density at radius 3 is 1.60 bits per heavy atom. The summed E-state index contributed by atoms with van der Waals surface area (Å²) in [6, 6.07) is 32.5. The van der Waals surface area contributed by atoms with Crippen molar-refractivity contribution in [3.05, 3.63) is 143 Å². The van der Waals surface area contributed by atoms with Crippen LogP contribution in [0, 0.1) is 6.92 Å². The van der Waals surface area contributed by atoms with Gasteiger partial charge in [0.15, 0.2) is 11.3 Å². The maximum Gasteiger partial charge on any atom is 0.337 e. The molecule has 0 radical (unpaired) electrons. The second-order valence-corrected chi connectivity index (χ2v) is 12.9. The number of nitrogens with one attached hydrogen (secondary N) is 2. The van der Waals surface area contributed by atoms with Gasteiger partial charge in [-0.1, -0.05) is 17.7 Å². The van der Waals surface area contributed by atoms with Crippen LogP contribution < -0.4 is 20.1 Å². The fraction of sp³-hybridized carbons (Fsp3) is 0.0952. The van der Waals surface area contributed by atoms with E-state index in [0.29, 0.717) is 39.6 Å². The van der Waals surface area contributed by atoms with Gasteiger partial charge in [0.1, 0.15) is 11.5 Å². The summed E-state index contributed by atoms with van der Waals surface area (Å²) in [4.78, 5) is 31.7. The number of aromatic nitrogens is 6. The lowest BCUT2D eigenvalue weighted by atomic mass is 10.0. The predicted octanol–water partition coefficient (Wildman–Crippen LogP) is 8.74. The van der Waals surface area contributed by atoms with Gasteiger partial charge in [0.2, 0.25) is 11.9 Å². The molecule has 0 saturated carbocycles. The number of aromatic carboxylic acids is 1. The van der Waals surface area contributed by atoms with Gasteiger partial charge < -0.3 is 30.0 Å². The van der Waals surface area contributed by atoms with Gasteiger partial charge >= 0.3 is 11.9 Å². The number of rotatable bonds is 10. The van der Waals surface area contributed by atoms with E-state index in [1.54, 1.807) is 71.9 Å². The van der Waals surface area contributed by atoms with Crippen molar-refractivity contribution < 1.29 is 28.9 Å². The van der Waals surface area contributed by atoms with E-state index in [9.17, 15) is 9.59 Å². The van der Waals surface area contributed by atoms with E-state index in [0.717, 1.165) is 44.9 Å². The zero-order chi connectivity index (χ0) is 40.1. The van der Waals surface area contributed by atoms with Crippen molar-refractivity contribution in [2.24, 2.45) is 0 Å². The molecule has 0 unspecified atom stereocenters. The number of aryl methyl sites for hydroxylation is 1. The number of ether oxygens (including phenoxy) is 3. The van der Waals surface area contributed by atoms with Crippen molar-refractivity contribution in [2.75, 3.05) is 32.0 Å². The van der Waals surface area contributed by atoms with Crippen LogP contribution >= 0.6 is 11.6 Å². The van der Waals surface area contributed by atoms with E-state index in [2.05, 4.69) is 30.8 Å². The lowest BCUT2D eigenvalue weighted by molar-refractivity contribution is 0.0599. The maximum absolute atomic E-state index is 11.6. The normalized spacial score (nSPS) is 10.8. The molecule has 0 aliphatic carbocycles. The second kappa shape index (κ2) is 16.5. The number of carboxylic acids is 1. The second-order valence-electron chi connectivity index (χ2n) is 12.5. The Morgan fingerprint density at radius 1 is 0.632 bits per heavy atom. The van der Waals surface area contributed by atoms with E-state index in [4.69, 9.17) is 30.9 Å². The van der Waals surface area contributed by atoms with Crippen LogP contribution in [0.25, 0.3) is 33.5 Å². The number of carbonyl (C=O) groups is 2. The van der Waals surface area contributed by atoms with Gasteiger partial charge in [0.05, 0.1) is 37.5 Å². The molecule has 0 fully saturated rings. The Balaban J connectivity index is 0.000000174. The van der Waals surface area contributed by atoms with Crippen LogP contribution in [0.5, 0.6) is 11.5 Å². The molecule has 8 aromatic rings. The minimum Gasteiger partial charge on any atom is -0.497 e. The fourth-order valence-corrected chi connectivity index (χ4v) is 6.28. The smallest absolute Gasteiger partial charge is 0.337 e. The summed E-state index contributed by atoms with van der Waals surface area (Å²) >= 11 is 6.42. The molecule has 4 heterocycles. The Kier molecular flexibility index (Phi) is 11.0. The molecule has 3 N–H and O–H groups in total. The number of anilines is 4. The molecule has 0 aliphatic heterocycles. The molecule has 0 atom stereocenters. The number of hydrogen-bond donors (Lipinski definition) is 3. The van der Waals surface area contributed by atoms with Crippen LogP contribution in [0.2, 0.25) is 5.02 Å². The lowest BCUT2D eigenvalue weighted by Gasteiger charge is -2.08. The van der Waals surface area contributed by atoms with Gasteiger partial charge in [0, 0.05) is 40.5 Å². The highest BCUT2D eigenvalue weighted by Crippen LogP contribution is 2.34. The Morgan fingerprint density at radius 2 is 1.12 bits per heavy atom. The number of esters is 1. The van der Waals surface area contributed by atoms with Crippen LogP contribution in [0.15, 0.2) is 122 Å². The zero-order valence-corrected chi connectivity index (χ0v) is 31.9. The summed E-state index contributed by atoms with van der Waals surface area (Å²) in [6.45, 7) is 2.04. The van der Waals surface area contributed by atoms with Crippen LogP contribution in [-0.2, 0) is 4.74 Å². The fourth-order valence-electron chi connectivity index (χ4n) is 6.01. The highest BCUT2D eigenvalue weighted by molar-refractivity contribution is 6.33. The van der Waals surface area contributed by atoms with Gasteiger partial charge in [0.25, 0.3) is 0 Å². The van der Waals surface area contributed by atoms with Crippen molar-refractivity contribution in [3.8, 4) is 33.8 Å². The third-order valence-electron chi connectivity index (χ3n) is 8.86. The number of benzene rings is 4. The minimum atomic E-state index is -0.974. The summed E-state index contributed by atoms with van der Waals surface area (Å²) in [6.07, 6.45) is 3.65. The predicted molar refractivity (Wildman–Crippen MR) is 217 cm³/mol. The van der Waals surface area contributed by atoms with Crippen molar-refractivity contribution in [3.63, 3.8) is 0 Å². The summed E-state index contributed by atoms with van der Waals surface area (Å²) in [5.74, 6) is 1.00. The minimum absolute atomic E-state index is 0.213. The first kappa shape index (κ1) is 37.8. The molecule has 0 aliphatic rings. The van der Waals surface area contributed by atoms with Crippen LogP contribution in [0.1, 0.15) is 26.3 Å². The standard InChI is InChI=1S/C22H20N4O3.C20H15ClN4O3/c1-14-13-17(28-2)10-11-18(14)19-5-4-12-26-20(19)24-22(25-26)23-16-8-6-15(7-9-16)21(27)29-3;1-28-14-8-9-15(17(21)11-14)16-3-2-10-25-18(16)23-20(24-25)22-13-6-4-12(5-7-13)19(26)27/h4-13H,1-3H3,(H,23,25);2-11H,1H3,(H,22,24)(H,26,27). The first-order valence-electron chi connectivity index (χ1n) is 17.4. The number of nitrogens with zero attached hydrogens (tertiary/aromatic N) is 6. The molecule has 8 rings (SSSR count). The third kappa shape index (κ3) is 8.30. The van der Waals surface area contributed by atoms with Crippen molar-refractivity contribution in [1.82, 2.24) is 29.2 Å². The van der Waals surface area contributed by atoms with Gasteiger partial charge in [-0.05, 0) is 121 Å². The van der Waals surface area contributed by atoms with E-state index in [1.165, 1.54) is 19.2 Å². The monoisotopic (exact) mass is 782 g/mol. The topological polar surface area (TPSA) is 166 Å². The number of fused-ring (bicyclic) bond motifs is 2. The largest absolute Gasteiger partial charge is 0.497 e. The molecule has 0 spiro atoms. The van der Waals surface area contributed by atoms with Crippen LogP contribution in [-0.4, -0.2) is 67.6 Å². The van der Waals surface area contributed by atoms with Gasteiger partial charge in [-0.25, -0.2) is 18.6 Å². The summed E-state index contributed by atoms with van der Waals surface area (Å²) in [5.41, 5.74) is 8.33. The molecule has 14 nitrogen and oxygen atoms in total. The molecule has 286 valence electrons. The molecule has 57 heavy (non-hydrogen) atoms. The first-order chi connectivity index (χ1) is 27.6. The van der Waals surface area contributed by atoms with E-state index in [1.807, 2.05) is 67.7 Å². The van der Waals surface area contributed by atoms with E-state index >= 15 is 0 Å². The number of pyridine rings is 2. The SMILES string of the molecule is COC(=O)c1ccc(Nc2nc3c(-c4ccc(OC)cc4C)cccn3n2)cc1.COc1ccc(-c2cccn3nc(Nc4ccc(C(=O)O)cc4)nc23)c(Cl)c1. The number of hydrogen-bond acceptors (Lipinski definition) is 11. The molecular weight excluding hydrogens is 748 g/mol. The van der Waals surface area contributed by atoms with Gasteiger partial charge in [-0.2, -0.15) is 9.97 Å². The van der Waals surface area contributed by atoms with E-state index < -0.39 is 5.97 Å². The average molecular weight is 783 g/mol. The molecular formula is C42H35ClN8O6. The van der Waals surface area contributed by atoms with Gasteiger partial charge in [-0.15, -0.1) is 10.2 Å². The zero-order valence-electron chi connectivity index (χ0n) is 31.1.